The van der Waals surface area contributed by atoms with Crippen LogP contribution >= 0.6 is 0 Å². The van der Waals surface area contributed by atoms with Gasteiger partial charge >= 0.3 is 0 Å². The monoisotopic (exact) mass is 363 g/mol. The van der Waals surface area contributed by atoms with Crippen molar-refractivity contribution < 1.29 is 13.2 Å². The molecule has 1 amide bonds. The lowest BCUT2D eigenvalue weighted by atomic mass is 9.99. The van der Waals surface area contributed by atoms with Gasteiger partial charge in [-0.25, -0.2) is 12.7 Å². The summed E-state index contributed by atoms with van der Waals surface area (Å²) in [5.41, 5.74) is 1.35. The van der Waals surface area contributed by atoms with Crippen LogP contribution in [-0.4, -0.2) is 59.3 Å². The molecular formula is C16H21N5O3S. The van der Waals surface area contributed by atoms with Gasteiger partial charge in [-0.1, -0.05) is 6.07 Å². The van der Waals surface area contributed by atoms with E-state index < -0.39 is 10.0 Å². The Kier molecular flexibility index (Phi) is 5.14. The zero-order valence-corrected chi connectivity index (χ0v) is 14.8. The number of nitrogens with one attached hydrogen (secondary N) is 1. The van der Waals surface area contributed by atoms with Crippen molar-refractivity contribution in [3.05, 3.63) is 42.5 Å². The third-order valence-electron chi connectivity index (χ3n) is 4.33. The van der Waals surface area contributed by atoms with Gasteiger partial charge in [-0.2, -0.15) is 0 Å². The lowest BCUT2D eigenvalue weighted by Gasteiger charge is -2.30. The molecule has 1 N–H and O–H groups in total. The maximum atomic E-state index is 12.4. The minimum absolute atomic E-state index is 0.133. The summed E-state index contributed by atoms with van der Waals surface area (Å²) < 4.78 is 26.5. The van der Waals surface area contributed by atoms with Gasteiger partial charge in [0.1, 0.15) is 12.7 Å². The van der Waals surface area contributed by atoms with E-state index >= 15 is 0 Å². The number of hydrogen-bond acceptors (Lipinski definition) is 5. The lowest BCUT2D eigenvalue weighted by Crippen LogP contribution is -2.43. The molecule has 1 atom stereocenters. The van der Waals surface area contributed by atoms with Crippen molar-refractivity contribution in [2.45, 2.75) is 12.8 Å². The first-order chi connectivity index (χ1) is 11.9. The fourth-order valence-corrected chi connectivity index (χ4v) is 3.92. The highest BCUT2D eigenvalue weighted by atomic mass is 32.2. The largest absolute Gasteiger partial charge is 0.352 e. The van der Waals surface area contributed by atoms with E-state index in [2.05, 4.69) is 15.5 Å². The van der Waals surface area contributed by atoms with Crippen LogP contribution in [0.25, 0.3) is 5.69 Å². The second-order valence-corrected chi connectivity index (χ2v) is 8.24. The van der Waals surface area contributed by atoms with Crippen LogP contribution in [0.4, 0.5) is 0 Å². The zero-order valence-electron chi connectivity index (χ0n) is 14.0. The summed E-state index contributed by atoms with van der Waals surface area (Å²) in [7, 11) is -3.17. The number of nitrogens with zero attached hydrogens (tertiary/aromatic N) is 4. The molecule has 134 valence electrons. The predicted octanol–water partition coefficient (Wildman–Crippen LogP) is 0.669. The molecule has 1 unspecified atom stereocenters. The average molecular weight is 363 g/mol. The molecule has 0 spiro atoms. The number of sulfonamides is 1. The van der Waals surface area contributed by atoms with Gasteiger partial charge in [0.2, 0.25) is 10.0 Å². The Morgan fingerprint density at radius 1 is 1.32 bits per heavy atom. The smallest absolute Gasteiger partial charge is 0.251 e. The van der Waals surface area contributed by atoms with Crippen molar-refractivity contribution in [1.29, 1.82) is 0 Å². The van der Waals surface area contributed by atoms with E-state index in [1.165, 1.54) is 10.6 Å². The lowest BCUT2D eigenvalue weighted by molar-refractivity contribution is 0.0941. The zero-order chi connectivity index (χ0) is 17.9. The molecule has 0 saturated carbocycles. The second-order valence-electron chi connectivity index (χ2n) is 6.26. The van der Waals surface area contributed by atoms with E-state index in [4.69, 9.17) is 0 Å². The Morgan fingerprint density at radius 2 is 2.08 bits per heavy atom. The van der Waals surface area contributed by atoms with Crippen LogP contribution < -0.4 is 5.32 Å². The molecule has 0 bridgehead atoms. The topological polar surface area (TPSA) is 97.2 Å². The van der Waals surface area contributed by atoms with Crippen molar-refractivity contribution >= 4 is 15.9 Å². The number of aromatic nitrogens is 3. The normalized spacial score (nSPS) is 18.8. The Morgan fingerprint density at radius 3 is 2.80 bits per heavy atom. The molecule has 2 heterocycles. The standard InChI is InChI=1S/C16H21N5O3S/c1-25(23,24)21-7-3-4-13(10-21)9-17-16(22)14-5-2-6-15(8-14)20-11-18-19-12-20/h2,5-6,8,11-13H,3-4,7,9-10H2,1H3,(H,17,22). The summed E-state index contributed by atoms with van der Waals surface area (Å²) in [6.45, 7) is 1.48. The molecule has 1 saturated heterocycles. The average Bonchev–Trinajstić information content (AvgIpc) is 3.14. The summed E-state index contributed by atoms with van der Waals surface area (Å²) in [5.74, 6) is -0.0418. The van der Waals surface area contributed by atoms with E-state index in [1.54, 1.807) is 35.4 Å². The van der Waals surface area contributed by atoms with Crippen LogP contribution in [-0.2, 0) is 10.0 Å². The van der Waals surface area contributed by atoms with E-state index in [1.807, 2.05) is 6.07 Å². The number of piperidine rings is 1. The fourth-order valence-electron chi connectivity index (χ4n) is 2.98. The van der Waals surface area contributed by atoms with Gasteiger partial charge in [0.15, 0.2) is 0 Å². The van der Waals surface area contributed by atoms with E-state index in [9.17, 15) is 13.2 Å². The molecule has 1 fully saturated rings. The minimum Gasteiger partial charge on any atom is -0.352 e. The second kappa shape index (κ2) is 7.32. The van der Waals surface area contributed by atoms with Crippen molar-refractivity contribution in [2.24, 2.45) is 5.92 Å². The number of amides is 1. The summed E-state index contributed by atoms with van der Waals surface area (Å²) in [6, 6.07) is 7.18. The van der Waals surface area contributed by atoms with Gasteiger partial charge in [0.25, 0.3) is 5.91 Å². The van der Waals surface area contributed by atoms with E-state index in [-0.39, 0.29) is 11.8 Å². The molecule has 2 aromatic rings. The molecule has 8 nitrogen and oxygen atoms in total. The molecule has 3 rings (SSSR count). The first kappa shape index (κ1) is 17.6. The van der Waals surface area contributed by atoms with E-state index in [0.29, 0.717) is 25.2 Å². The van der Waals surface area contributed by atoms with Crippen LogP contribution in [0, 0.1) is 5.92 Å². The number of rotatable bonds is 5. The van der Waals surface area contributed by atoms with Gasteiger partial charge in [0.05, 0.1) is 6.26 Å². The first-order valence-electron chi connectivity index (χ1n) is 8.12. The highest BCUT2D eigenvalue weighted by Crippen LogP contribution is 2.18. The van der Waals surface area contributed by atoms with Gasteiger partial charge in [-0.05, 0) is 37.0 Å². The van der Waals surface area contributed by atoms with Crippen molar-refractivity contribution in [3.8, 4) is 5.69 Å². The SMILES string of the molecule is CS(=O)(=O)N1CCCC(CNC(=O)c2cccc(-n3cnnc3)c2)C1. The molecule has 0 radical (unpaired) electrons. The van der Waals surface area contributed by atoms with Crippen molar-refractivity contribution in [3.63, 3.8) is 0 Å². The van der Waals surface area contributed by atoms with Crippen LogP contribution in [0.1, 0.15) is 23.2 Å². The quantitative estimate of drug-likeness (QED) is 0.842. The third-order valence-corrected chi connectivity index (χ3v) is 5.60. The van der Waals surface area contributed by atoms with Gasteiger partial charge in [-0.3, -0.25) is 9.36 Å². The Bertz CT molecular complexity index is 835. The number of hydrogen-bond donors (Lipinski definition) is 1. The first-order valence-corrected chi connectivity index (χ1v) is 9.97. The highest BCUT2D eigenvalue weighted by molar-refractivity contribution is 7.88. The molecular weight excluding hydrogens is 342 g/mol. The van der Waals surface area contributed by atoms with Crippen LogP contribution in [0.3, 0.4) is 0 Å². The van der Waals surface area contributed by atoms with Gasteiger partial charge in [0, 0.05) is 30.9 Å². The Balaban J connectivity index is 1.60. The molecule has 1 aliphatic rings. The number of benzene rings is 1. The van der Waals surface area contributed by atoms with E-state index in [0.717, 1.165) is 18.5 Å². The molecule has 1 aliphatic heterocycles. The molecule has 1 aromatic carbocycles. The minimum atomic E-state index is -3.17. The highest BCUT2D eigenvalue weighted by Gasteiger charge is 2.26. The van der Waals surface area contributed by atoms with Crippen LogP contribution in [0.2, 0.25) is 0 Å². The summed E-state index contributed by atoms with van der Waals surface area (Å²) in [5, 5.41) is 10.4. The molecule has 0 aliphatic carbocycles. The number of carbonyl (C=O) groups excluding carboxylic acids is 1. The summed E-state index contributed by atoms with van der Waals surface area (Å²) in [4.78, 5) is 12.4. The van der Waals surface area contributed by atoms with Crippen molar-refractivity contribution in [1.82, 2.24) is 24.4 Å². The van der Waals surface area contributed by atoms with Crippen molar-refractivity contribution in [2.75, 3.05) is 25.9 Å². The maximum absolute atomic E-state index is 12.4. The van der Waals surface area contributed by atoms with Gasteiger partial charge in [-0.15, -0.1) is 10.2 Å². The summed E-state index contributed by atoms with van der Waals surface area (Å²) >= 11 is 0. The molecule has 1 aromatic heterocycles. The fraction of sp³-hybridized carbons (Fsp3) is 0.438. The predicted molar refractivity (Wildman–Crippen MR) is 92.8 cm³/mol. The Hall–Kier alpha value is -2.26. The third kappa shape index (κ3) is 4.43. The van der Waals surface area contributed by atoms with Crippen LogP contribution in [0.5, 0.6) is 0 Å². The number of carbonyl (C=O) groups is 1. The van der Waals surface area contributed by atoms with Gasteiger partial charge < -0.3 is 5.32 Å². The molecule has 9 heteroatoms. The summed E-state index contributed by atoms with van der Waals surface area (Å²) in [6.07, 6.45) is 6.09. The Labute approximate surface area is 146 Å². The molecule has 25 heavy (non-hydrogen) atoms. The maximum Gasteiger partial charge on any atom is 0.251 e. The van der Waals surface area contributed by atoms with Crippen LogP contribution in [0.15, 0.2) is 36.9 Å².